The highest BCUT2D eigenvalue weighted by atomic mass is 16.5. The van der Waals surface area contributed by atoms with Crippen LogP contribution in [-0.2, 0) is 12.1 Å². The van der Waals surface area contributed by atoms with Crippen LogP contribution < -0.4 is 10.1 Å². The Hall–Kier alpha value is -2.62. The van der Waals surface area contributed by atoms with Crippen LogP contribution in [0.25, 0.3) is 0 Å². The molecule has 0 aromatic heterocycles. The molecule has 0 amide bonds. The second kappa shape index (κ2) is 7.97. The van der Waals surface area contributed by atoms with Gasteiger partial charge in [0.15, 0.2) is 5.60 Å². The first-order chi connectivity index (χ1) is 12.2. The first kappa shape index (κ1) is 17.2. The number of hydrogen-bond donors (Lipinski definition) is 2. The van der Waals surface area contributed by atoms with Crippen LogP contribution in [0.5, 0.6) is 5.75 Å². The van der Waals surface area contributed by atoms with Crippen molar-refractivity contribution in [2.24, 2.45) is 0 Å². The van der Waals surface area contributed by atoms with E-state index in [1.807, 2.05) is 72.8 Å². The molecule has 0 saturated carbocycles. The molecule has 128 valence electrons. The molecule has 0 saturated heterocycles. The monoisotopic (exact) mass is 334 g/mol. The maximum Gasteiger partial charge on any atom is 0.163 e. The molecule has 3 aromatic rings. The van der Waals surface area contributed by atoms with Crippen molar-refractivity contribution in [3.05, 3.63) is 102 Å². The summed E-state index contributed by atoms with van der Waals surface area (Å²) in [6.45, 7) is 1.35. The van der Waals surface area contributed by atoms with E-state index >= 15 is 0 Å². The number of nitrogens with two attached hydrogens (primary N) is 1. The minimum Gasteiger partial charge on any atom is -0.497 e. The number of hydrogen-bond acceptors (Lipinski definition) is 2. The number of ether oxygens (including phenoxy) is 1. The summed E-state index contributed by atoms with van der Waals surface area (Å²) in [5.74, 6) is 0.855. The third-order valence-electron chi connectivity index (χ3n) is 4.48. The largest absolute Gasteiger partial charge is 0.497 e. The summed E-state index contributed by atoms with van der Waals surface area (Å²) in [7, 11) is 1.67. The molecule has 0 bridgehead atoms. The van der Waals surface area contributed by atoms with Gasteiger partial charge in [-0.15, -0.1) is 0 Å². The lowest BCUT2D eigenvalue weighted by Gasteiger charge is -2.27. The van der Waals surface area contributed by atoms with E-state index in [0.29, 0.717) is 6.54 Å². The molecule has 0 unspecified atom stereocenters. The fourth-order valence-electron chi connectivity index (χ4n) is 3.04. The van der Waals surface area contributed by atoms with E-state index in [9.17, 15) is 5.11 Å². The van der Waals surface area contributed by atoms with Gasteiger partial charge in [-0.3, -0.25) is 0 Å². The van der Waals surface area contributed by atoms with Gasteiger partial charge in [-0.25, -0.2) is 0 Å². The van der Waals surface area contributed by atoms with Gasteiger partial charge >= 0.3 is 0 Å². The van der Waals surface area contributed by atoms with Crippen LogP contribution in [0.1, 0.15) is 16.7 Å². The first-order valence-electron chi connectivity index (χ1n) is 8.50. The second-order valence-corrected chi connectivity index (χ2v) is 6.14. The summed E-state index contributed by atoms with van der Waals surface area (Å²) in [6, 6.07) is 27.8. The summed E-state index contributed by atoms with van der Waals surface area (Å²) in [4.78, 5) is 0. The molecule has 3 heteroatoms. The third-order valence-corrected chi connectivity index (χ3v) is 4.48. The van der Waals surface area contributed by atoms with Gasteiger partial charge in [-0.1, -0.05) is 60.7 Å². The zero-order valence-corrected chi connectivity index (χ0v) is 14.4. The van der Waals surface area contributed by atoms with Gasteiger partial charge in [-0.05, 0) is 35.4 Å². The van der Waals surface area contributed by atoms with Crippen LogP contribution in [-0.4, -0.2) is 18.8 Å². The zero-order chi connectivity index (χ0) is 17.5. The molecule has 0 heterocycles. The highest BCUT2D eigenvalue weighted by Crippen LogP contribution is 2.27. The van der Waals surface area contributed by atoms with Crippen LogP contribution in [0.4, 0.5) is 0 Å². The number of aliphatic hydroxyl groups is 1. The molecular weight excluding hydrogens is 310 g/mol. The zero-order valence-electron chi connectivity index (χ0n) is 14.4. The first-order valence-corrected chi connectivity index (χ1v) is 8.50. The standard InChI is InChI=1S/C22H23NO2/c1-25-21-14-12-18(13-15-21)16-23-17-22(24,19-8-4-2-5-9-19)20-10-6-3-7-11-20/h2-15,23-24H,16-17H2,1H3/p+1. The van der Waals surface area contributed by atoms with Crippen molar-refractivity contribution in [1.29, 1.82) is 0 Å². The Morgan fingerprint density at radius 2 is 1.32 bits per heavy atom. The lowest BCUT2D eigenvalue weighted by Crippen LogP contribution is -2.86. The summed E-state index contributed by atoms with van der Waals surface area (Å²) >= 11 is 0. The van der Waals surface area contributed by atoms with Gasteiger partial charge in [0.05, 0.1) is 7.11 Å². The Kier molecular flexibility index (Phi) is 5.49. The van der Waals surface area contributed by atoms with Crippen molar-refractivity contribution < 1.29 is 15.2 Å². The van der Waals surface area contributed by atoms with Gasteiger partial charge in [0.25, 0.3) is 0 Å². The van der Waals surface area contributed by atoms with Crippen LogP contribution in [0.3, 0.4) is 0 Å². The third kappa shape index (κ3) is 4.08. The minimum atomic E-state index is -1.02. The van der Waals surface area contributed by atoms with Crippen molar-refractivity contribution in [3.63, 3.8) is 0 Å². The summed E-state index contributed by atoms with van der Waals surface area (Å²) in [5, 5.41) is 13.6. The van der Waals surface area contributed by atoms with Gasteiger partial charge < -0.3 is 15.2 Å². The Morgan fingerprint density at radius 3 is 1.80 bits per heavy atom. The molecule has 3 N–H and O–H groups in total. The number of benzene rings is 3. The van der Waals surface area contributed by atoms with E-state index in [1.54, 1.807) is 7.11 Å². The second-order valence-electron chi connectivity index (χ2n) is 6.14. The van der Waals surface area contributed by atoms with Gasteiger partial charge in [0.1, 0.15) is 18.8 Å². The molecule has 25 heavy (non-hydrogen) atoms. The van der Waals surface area contributed by atoms with Gasteiger partial charge in [0.2, 0.25) is 0 Å². The lowest BCUT2D eigenvalue weighted by molar-refractivity contribution is -0.682. The molecular formula is C22H24NO2+. The summed E-state index contributed by atoms with van der Waals surface area (Å²) in [5.41, 5.74) is 2.00. The van der Waals surface area contributed by atoms with E-state index < -0.39 is 5.60 Å². The summed E-state index contributed by atoms with van der Waals surface area (Å²) in [6.07, 6.45) is 0. The molecule has 0 fully saturated rings. The maximum absolute atomic E-state index is 11.5. The predicted molar refractivity (Wildman–Crippen MR) is 99.4 cm³/mol. The van der Waals surface area contributed by atoms with Crippen molar-refractivity contribution in [2.45, 2.75) is 12.1 Å². The van der Waals surface area contributed by atoms with Crippen LogP contribution in [0, 0.1) is 0 Å². The van der Waals surface area contributed by atoms with Crippen LogP contribution in [0.2, 0.25) is 0 Å². The highest BCUT2D eigenvalue weighted by Gasteiger charge is 2.33. The normalized spacial score (nSPS) is 11.3. The van der Waals surface area contributed by atoms with Crippen molar-refractivity contribution in [3.8, 4) is 5.75 Å². The Bertz CT molecular complexity index is 731. The molecule has 3 nitrogen and oxygen atoms in total. The average Bonchev–Trinajstić information content (AvgIpc) is 2.70. The molecule has 3 rings (SSSR count). The summed E-state index contributed by atoms with van der Waals surface area (Å²) < 4.78 is 5.19. The maximum atomic E-state index is 11.5. The van der Waals surface area contributed by atoms with Crippen molar-refractivity contribution in [2.75, 3.05) is 13.7 Å². The van der Waals surface area contributed by atoms with E-state index in [2.05, 4.69) is 17.4 Å². The van der Waals surface area contributed by atoms with E-state index in [0.717, 1.165) is 23.4 Å². The lowest BCUT2D eigenvalue weighted by atomic mass is 9.86. The Morgan fingerprint density at radius 1 is 0.800 bits per heavy atom. The van der Waals surface area contributed by atoms with Gasteiger partial charge in [-0.2, -0.15) is 0 Å². The van der Waals surface area contributed by atoms with Crippen molar-refractivity contribution >= 4 is 0 Å². The highest BCUT2D eigenvalue weighted by molar-refractivity contribution is 5.35. The van der Waals surface area contributed by atoms with E-state index in [4.69, 9.17) is 4.74 Å². The smallest absolute Gasteiger partial charge is 0.163 e. The molecule has 0 aliphatic rings. The molecule has 3 aromatic carbocycles. The fraction of sp³-hybridized carbons (Fsp3) is 0.182. The molecule has 0 aliphatic heterocycles. The number of quaternary nitrogens is 1. The topological polar surface area (TPSA) is 46.1 Å². The van der Waals surface area contributed by atoms with Crippen molar-refractivity contribution in [1.82, 2.24) is 0 Å². The minimum absolute atomic E-state index is 0.549. The fourth-order valence-corrected chi connectivity index (χ4v) is 3.04. The average molecular weight is 334 g/mol. The van der Waals surface area contributed by atoms with Crippen LogP contribution >= 0.6 is 0 Å². The Balaban J connectivity index is 1.76. The molecule has 0 aliphatic carbocycles. The van der Waals surface area contributed by atoms with Crippen LogP contribution in [0.15, 0.2) is 84.9 Å². The molecule has 0 spiro atoms. The number of methoxy groups -OCH3 is 1. The quantitative estimate of drug-likeness (QED) is 0.698. The molecule has 0 radical (unpaired) electrons. The SMILES string of the molecule is COc1ccc(C[NH2+]CC(O)(c2ccccc2)c2ccccc2)cc1. The Labute approximate surface area is 148 Å². The van der Waals surface area contributed by atoms with E-state index in [1.165, 1.54) is 5.56 Å². The van der Waals surface area contributed by atoms with E-state index in [-0.39, 0.29) is 0 Å². The van der Waals surface area contributed by atoms with Gasteiger partial charge in [0, 0.05) is 5.56 Å². The molecule has 0 atom stereocenters. The predicted octanol–water partition coefficient (Wildman–Crippen LogP) is 2.69. The number of rotatable bonds is 7.